The smallest absolute Gasteiger partial charge is 0.333 e. The van der Waals surface area contributed by atoms with Crippen LogP contribution in [0.2, 0.25) is 0 Å². The van der Waals surface area contributed by atoms with Crippen molar-refractivity contribution in [3.05, 3.63) is 24.5 Å². The van der Waals surface area contributed by atoms with Crippen LogP contribution in [0.3, 0.4) is 0 Å². The summed E-state index contributed by atoms with van der Waals surface area (Å²) in [6, 6.07) is -2.52. The van der Waals surface area contributed by atoms with Crippen LogP contribution in [0, 0.1) is 0 Å². The van der Waals surface area contributed by atoms with Crippen molar-refractivity contribution in [2.75, 3.05) is 24.8 Å². The van der Waals surface area contributed by atoms with Gasteiger partial charge in [-0.15, -0.1) is 0 Å². The molecule has 3 aliphatic heterocycles. The molecule has 3 aliphatic rings. The van der Waals surface area contributed by atoms with Crippen LogP contribution in [-0.4, -0.2) is 164 Å². The molecule has 0 aliphatic carbocycles. The number of ether oxygens (including phenoxy) is 5. The van der Waals surface area contributed by atoms with Gasteiger partial charge in [-0.1, -0.05) is 0 Å². The zero-order valence-corrected chi connectivity index (χ0v) is 23.2. The summed E-state index contributed by atoms with van der Waals surface area (Å²) in [4.78, 5) is 16.4. The molecule has 20 heteroatoms. The Morgan fingerprint density at radius 3 is 1.93 bits per heavy atom. The molecule has 250 valence electrons. The first-order valence-electron chi connectivity index (χ1n) is 13.7. The number of aliphatic hydroxyl groups excluding tert-OH is 8. The second kappa shape index (κ2) is 14.9. The van der Waals surface area contributed by atoms with Crippen molar-refractivity contribution in [1.82, 2.24) is 10.4 Å². The van der Waals surface area contributed by atoms with E-state index in [2.05, 4.69) is 10.4 Å². The van der Waals surface area contributed by atoms with E-state index in [0.717, 1.165) is 5.01 Å². The number of aromatic nitrogens is 1. The van der Waals surface area contributed by atoms with Crippen molar-refractivity contribution in [1.29, 1.82) is 0 Å². The highest BCUT2D eigenvalue weighted by Crippen LogP contribution is 2.32. The summed E-state index contributed by atoms with van der Waals surface area (Å²) in [5, 5.41) is 83.3. The number of nitrogens with zero attached hydrogens (tertiary/aromatic N) is 2. The number of urea groups is 1. The number of hydrazine groups is 1. The van der Waals surface area contributed by atoms with E-state index < -0.39 is 118 Å². The molecule has 0 saturated carbocycles. The monoisotopic (exact) mass is 636 g/mol. The van der Waals surface area contributed by atoms with Gasteiger partial charge in [0, 0.05) is 12.4 Å². The van der Waals surface area contributed by atoms with E-state index in [0.29, 0.717) is 0 Å². The van der Waals surface area contributed by atoms with Gasteiger partial charge in [0.15, 0.2) is 18.9 Å². The zero-order valence-electron chi connectivity index (χ0n) is 23.2. The fourth-order valence-corrected chi connectivity index (χ4v) is 5.20. The van der Waals surface area contributed by atoms with E-state index in [4.69, 9.17) is 40.9 Å². The van der Waals surface area contributed by atoms with Gasteiger partial charge in [0.2, 0.25) is 0 Å². The van der Waals surface area contributed by atoms with Crippen molar-refractivity contribution in [3.63, 3.8) is 0 Å². The molecule has 44 heavy (non-hydrogen) atoms. The van der Waals surface area contributed by atoms with Gasteiger partial charge in [0.25, 0.3) is 0 Å². The topological polar surface area (TPSA) is 331 Å². The van der Waals surface area contributed by atoms with Crippen LogP contribution in [0.1, 0.15) is 0 Å². The molecule has 0 aromatic carbocycles. The predicted octanol–water partition coefficient (Wildman–Crippen LogP) is -7.15. The summed E-state index contributed by atoms with van der Waals surface area (Å²) in [5.74, 6) is 0. The molecule has 0 spiro atoms. The number of aliphatic hydroxyl groups is 8. The van der Waals surface area contributed by atoms with Crippen molar-refractivity contribution in [2.45, 2.75) is 91.9 Å². The molecule has 15 atom stereocenters. The molecule has 1 aromatic rings. The van der Waals surface area contributed by atoms with Crippen LogP contribution < -0.4 is 27.6 Å². The minimum absolute atomic E-state index is 0.167. The summed E-state index contributed by atoms with van der Waals surface area (Å²) in [6.07, 6.45) is -15.8. The highest BCUT2D eigenvalue weighted by atomic mass is 16.7. The maximum Gasteiger partial charge on any atom is 0.333 e. The first-order chi connectivity index (χ1) is 20.9. The minimum atomic E-state index is -1.78. The number of primary amides is 1. The zero-order chi connectivity index (χ0) is 32.3. The summed E-state index contributed by atoms with van der Waals surface area (Å²) in [7, 11) is 0. The number of hydrogen-bond acceptors (Lipinski definition) is 18. The first-order valence-corrected chi connectivity index (χ1v) is 13.7. The normalized spacial score (nSPS) is 43.0. The molecular weight excluding hydrogens is 596 g/mol. The Morgan fingerprint density at radius 1 is 0.795 bits per heavy atom. The van der Waals surface area contributed by atoms with E-state index in [1.807, 2.05) is 0 Å². The van der Waals surface area contributed by atoms with E-state index in [1.165, 1.54) is 24.5 Å². The summed E-state index contributed by atoms with van der Waals surface area (Å²) in [6.45, 7) is -2.26. The van der Waals surface area contributed by atoms with E-state index in [-0.39, 0.29) is 5.69 Å². The van der Waals surface area contributed by atoms with E-state index in [1.54, 1.807) is 0 Å². The van der Waals surface area contributed by atoms with Crippen LogP contribution in [0.5, 0.6) is 0 Å². The van der Waals surface area contributed by atoms with Crippen molar-refractivity contribution < 1.29 is 69.3 Å². The Labute approximate surface area is 250 Å². The fourth-order valence-electron chi connectivity index (χ4n) is 5.20. The van der Waals surface area contributed by atoms with Gasteiger partial charge in [-0.3, -0.25) is 4.98 Å². The number of pyridine rings is 1. The van der Waals surface area contributed by atoms with Crippen LogP contribution in [0.15, 0.2) is 24.5 Å². The Hall–Kier alpha value is -2.22. The van der Waals surface area contributed by atoms with Gasteiger partial charge in [0.05, 0.1) is 37.6 Å². The molecule has 1 aromatic heterocycles. The minimum Gasteiger partial charge on any atom is -0.394 e. The summed E-state index contributed by atoms with van der Waals surface area (Å²) < 4.78 is 28.4. The Bertz CT molecular complexity index is 1060. The lowest BCUT2D eigenvalue weighted by Crippen LogP contribution is -2.71. The van der Waals surface area contributed by atoms with E-state index >= 15 is 0 Å². The van der Waals surface area contributed by atoms with Crippen LogP contribution in [0.4, 0.5) is 10.5 Å². The van der Waals surface area contributed by atoms with Gasteiger partial charge < -0.3 is 81.7 Å². The molecule has 15 N–H and O–H groups in total. The largest absolute Gasteiger partial charge is 0.394 e. The average molecular weight is 637 g/mol. The maximum atomic E-state index is 12.5. The number of amides is 2. The number of nitrogens with one attached hydrogen (secondary N) is 1. The van der Waals surface area contributed by atoms with Crippen LogP contribution >= 0.6 is 0 Å². The number of carbonyl (C=O) groups is 1. The van der Waals surface area contributed by atoms with Gasteiger partial charge >= 0.3 is 6.03 Å². The number of carbonyl (C=O) groups excluding carboxylic acids is 1. The molecule has 0 bridgehead atoms. The lowest BCUT2D eigenvalue weighted by atomic mass is 9.94. The van der Waals surface area contributed by atoms with E-state index in [9.17, 15) is 45.6 Å². The fraction of sp³-hybridized carbons (Fsp3) is 0.750. The number of anilines is 1. The Morgan fingerprint density at radius 2 is 1.34 bits per heavy atom. The molecule has 2 unspecified atom stereocenters. The molecular formula is C24H40N6O14. The van der Waals surface area contributed by atoms with Crippen LogP contribution in [-0.2, 0) is 23.7 Å². The quantitative estimate of drug-likeness (QED) is 0.106. The lowest BCUT2D eigenvalue weighted by Gasteiger charge is -2.50. The third-order valence-corrected chi connectivity index (χ3v) is 7.70. The number of rotatable bonds is 10. The third-order valence-electron chi connectivity index (χ3n) is 7.70. The molecule has 0 radical (unpaired) electrons. The maximum absolute atomic E-state index is 12.5. The second-order valence-corrected chi connectivity index (χ2v) is 10.6. The molecule has 2 amide bonds. The van der Waals surface area contributed by atoms with Gasteiger partial charge in [-0.25, -0.2) is 15.2 Å². The SMILES string of the molecule is NC(=O)N(N[C@H]1[C@H](OC2[C@@H](CO)O[C@@H](O)[C@H](N)[C@H]2O)O[C@H](CO)C(O[C@@H]2O[C@H](CO)[C@@H](O)[C@H](O)[C@H]2N)[C@@H]1O)c1ccncc1. The first kappa shape index (κ1) is 34.6. The third kappa shape index (κ3) is 7.10. The highest BCUT2D eigenvalue weighted by molar-refractivity contribution is 5.89. The van der Waals surface area contributed by atoms with Crippen LogP contribution in [0.25, 0.3) is 0 Å². The Kier molecular flexibility index (Phi) is 11.7. The lowest BCUT2D eigenvalue weighted by molar-refractivity contribution is -0.350. The number of hydrogen-bond donors (Lipinski definition) is 12. The summed E-state index contributed by atoms with van der Waals surface area (Å²) >= 11 is 0. The standard InChI is InChI=1S/C24H40N6O14/c25-12-17(36)19(10(6-32)40-21(12)38)44-23-14(29-30(24(27)39)8-1-3-28-4-2-8)18(37)20(11(7-33)42-23)43-22-13(26)16(35)15(34)9(5-31)41-22/h1-4,9-23,29,31-38H,5-7,25-26H2,(H2,27,39)/t9-,10-,11-,12-,13-,14-,15-,16-,17-,18-,19?,20?,21-,22+,23+/m1/s1. The average Bonchev–Trinajstić information content (AvgIpc) is 3.02. The van der Waals surface area contributed by atoms with Gasteiger partial charge in [-0.2, -0.15) is 0 Å². The predicted molar refractivity (Wildman–Crippen MR) is 142 cm³/mol. The molecule has 20 nitrogen and oxygen atoms in total. The molecule has 4 heterocycles. The summed E-state index contributed by atoms with van der Waals surface area (Å²) in [5.41, 5.74) is 20.3. The highest BCUT2D eigenvalue weighted by Gasteiger charge is 2.53. The van der Waals surface area contributed by atoms with Gasteiger partial charge in [-0.05, 0) is 12.1 Å². The Balaban J connectivity index is 1.66. The van der Waals surface area contributed by atoms with Crippen molar-refractivity contribution in [2.24, 2.45) is 17.2 Å². The van der Waals surface area contributed by atoms with Gasteiger partial charge in [0.1, 0.15) is 61.0 Å². The molecule has 3 fully saturated rings. The molecule has 3 saturated heterocycles. The van der Waals surface area contributed by atoms with Crippen molar-refractivity contribution >= 4 is 11.7 Å². The van der Waals surface area contributed by atoms with Crippen molar-refractivity contribution in [3.8, 4) is 0 Å². The number of nitrogens with two attached hydrogens (primary N) is 3. The second-order valence-electron chi connectivity index (χ2n) is 10.6. The molecule has 4 rings (SSSR count).